The van der Waals surface area contributed by atoms with E-state index >= 15 is 0 Å². The first-order valence-electron chi connectivity index (χ1n) is 6.48. The summed E-state index contributed by atoms with van der Waals surface area (Å²) in [5, 5.41) is 11.7. The molecule has 1 amide bonds. The van der Waals surface area contributed by atoms with Crippen molar-refractivity contribution in [3.05, 3.63) is 23.9 Å². The van der Waals surface area contributed by atoms with E-state index in [2.05, 4.69) is 10.3 Å². The first-order chi connectivity index (χ1) is 9.31. The Labute approximate surface area is 118 Å². The van der Waals surface area contributed by atoms with Crippen molar-refractivity contribution in [2.75, 3.05) is 19.0 Å². The van der Waals surface area contributed by atoms with Crippen molar-refractivity contribution >= 4 is 17.7 Å². The monoisotopic (exact) mass is 279 g/mol. The van der Waals surface area contributed by atoms with Crippen LogP contribution in [0.2, 0.25) is 0 Å². The zero-order chi connectivity index (χ0) is 15.3. The van der Waals surface area contributed by atoms with Gasteiger partial charge in [-0.25, -0.2) is 9.78 Å². The van der Waals surface area contributed by atoms with Crippen LogP contribution in [0.1, 0.15) is 30.6 Å². The van der Waals surface area contributed by atoms with Crippen molar-refractivity contribution in [3.63, 3.8) is 0 Å². The molecule has 0 aromatic carbocycles. The standard InChI is InChI=1S/C14H21N3O3/c1-9(2)7-11(14(19)20)16-13(18)10-5-6-15-12(8-10)17(3)4/h5-6,8-9,11H,7H2,1-4H3,(H,16,18)(H,19,20). The Morgan fingerprint density at radius 1 is 1.40 bits per heavy atom. The van der Waals surface area contributed by atoms with Crippen LogP contribution in [0, 0.1) is 5.92 Å². The number of anilines is 1. The molecule has 0 radical (unpaired) electrons. The highest BCUT2D eigenvalue weighted by molar-refractivity contribution is 5.97. The van der Waals surface area contributed by atoms with Gasteiger partial charge in [0.25, 0.3) is 5.91 Å². The Kier molecular flexibility index (Phi) is 5.49. The number of carbonyl (C=O) groups excluding carboxylic acids is 1. The average molecular weight is 279 g/mol. The molecule has 0 spiro atoms. The normalized spacial score (nSPS) is 12.1. The number of hydrogen-bond acceptors (Lipinski definition) is 4. The molecule has 20 heavy (non-hydrogen) atoms. The van der Waals surface area contributed by atoms with Gasteiger partial charge in [0.2, 0.25) is 0 Å². The van der Waals surface area contributed by atoms with Crippen molar-refractivity contribution in [2.24, 2.45) is 5.92 Å². The largest absolute Gasteiger partial charge is 0.480 e. The van der Waals surface area contributed by atoms with Crippen LogP contribution >= 0.6 is 0 Å². The van der Waals surface area contributed by atoms with Gasteiger partial charge in [-0.2, -0.15) is 0 Å². The molecule has 1 aromatic rings. The predicted molar refractivity (Wildman–Crippen MR) is 76.9 cm³/mol. The van der Waals surface area contributed by atoms with E-state index in [0.717, 1.165) is 0 Å². The molecule has 1 aromatic heterocycles. The minimum absolute atomic E-state index is 0.186. The minimum atomic E-state index is -1.02. The van der Waals surface area contributed by atoms with E-state index in [9.17, 15) is 9.59 Å². The highest BCUT2D eigenvalue weighted by Crippen LogP contribution is 2.11. The quantitative estimate of drug-likeness (QED) is 0.822. The van der Waals surface area contributed by atoms with Gasteiger partial charge in [0, 0.05) is 25.9 Å². The van der Waals surface area contributed by atoms with Gasteiger partial charge in [0.1, 0.15) is 11.9 Å². The minimum Gasteiger partial charge on any atom is -0.480 e. The summed E-state index contributed by atoms with van der Waals surface area (Å²) in [4.78, 5) is 29.1. The summed E-state index contributed by atoms with van der Waals surface area (Å²) < 4.78 is 0. The van der Waals surface area contributed by atoms with Crippen LogP contribution in [-0.2, 0) is 4.79 Å². The molecule has 0 aliphatic carbocycles. The van der Waals surface area contributed by atoms with Crippen LogP contribution in [-0.4, -0.2) is 42.1 Å². The molecule has 1 rings (SSSR count). The maximum atomic E-state index is 12.1. The topological polar surface area (TPSA) is 82.5 Å². The van der Waals surface area contributed by atoms with Crippen molar-refractivity contribution in [3.8, 4) is 0 Å². The number of hydrogen-bond donors (Lipinski definition) is 2. The fraction of sp³-hybridized carbons (Fsp3) is 0.500. The summed E-state index contributed by atoms with van der Waals surface area (Å²) >= 11 is 0. The molecule has 0 bridgehead atoms. The van der Waals surface area contributed by atoms with Crippen molar-refractivity contribution in [2.45, 2.75) is 26.3 Å². The molecule has 1 heterocycles. The third kappa shape index (κ3) is 4.53. The SMILES string of the molecule is CC(C)CC(NC(=O)c1ccnc(N(C)C)c1)C(=O)O. The zero-order valence-electron chi connectivity index (χ0n) is 12.3. The van der Waals surface area contributed by atoms with Crippen LogP contribution in [0.3, 0.4) is 0 Å². The van der Waals surface area contributed by atoms with E-state index in [1.165, 1.54) is 6.20 Å². The lowest BCUT2D eigenvalue weighted by atomic mass is 10.0. The van der Waals surface area contributed by atoms with Crippen LogP contribution < -0.4 is 10.2 Å². The van der Waals surface area contributed by atoms with Gasteiger partial charge in [-0.05, 0) is 24.5 Å². The van der Waals surface area contributed by atoms with Gasteiger partial charge >= 0.3 is 5.97 Å². The Bertz CT molecular complexity index is 486. The van der Waals surface area contributed by atoms with Crippen molar-refractivity contribution < 1.29 is 14.7 Å². The van der Waals surface area contributed by atoms with Gasteiger partial charge in [0.05, 0.1) is 0 Å². The van der Waals surface area contributed by atoms with E-state index < -0.39 is 17.9 Å². The summed E-state index contributed by atoms with van der Waals surface area (Å²) in [6.45, 7) is 3.83. The van der Waals surface area contributed by atoms with Crippen molar-refractivity contribution in [1.29, 1.82) is 0 Å². The summed E-state index contributed by atoms with van der Waals surface area (Å²) in [5.74, 6) is -0.586. The second-order valence-corrected chi connectivity index (χ2v) is 5.29. The summed E-state index contributed by atoms with van der Waals surface area (Å²) in [6.07, 6.45) is 1.93. The molecule has 0 aliphatic heterocycles. The second kappa shape index (κ2) is 6.88. The molecule has 0 saturated carbocycles. The number of aromatic nitrogens is 1. The van der Waals surface area contributed by atoms with E-state index in [4.69, 9.17) is 5.11 Å². The fourth-order valence-corrected chi connectivity index (χ4v) is 1.74. The Morgan fingerprint density at radius 2 is 2.05 bits per heavy atom. The number of nitrogens with zero attached hydrogens (tertiary/aromatic N) is 2. The van der Waals surface area contributed by atoms with E-state index in [-0.39, 0.29) is 5.92 Å². The average Bonchev–Trinajstić information content (AvgIpc) is 2.37. The molecule has 0 saturated heterocycles. The number of aliphatic carboxylic acids is 1. The third-order valence-electron chi connectivity index (χ3n) is 2.78. The first kappa shape index (κ1) is 15.9. The zero-order valence-corrected chi connectivity index (χ0v) is 12.3. The Hall–Kier alpha value is -2.11. The van der Waals surface area contributed by atoms with Gasteiger partial charge in [-0.15, -0.1) is 0 Å². The third-order valence-corrected chi connectivity index (χ3v) is 2.78. The van der Waals surface area contributed by atoms with Crippen molar-refractivity contribution in [1.82, 2.24) is 10.3 Å². The van der Waals surface area contributed by atoms with E-state index in [1.807, 2.05) is 27.9 Å². The van der Waals surface area contributed by atoms with Crippen LogP contribution in [0.25, 0.3) is 0 Å². The van der Waals surface area contributed by atoms with Gasteiger partial charge in [0.15, 0.2) is 0 Å². The fourth-order valence-electron chi connectivity index (χ4n) is 1.74. The number of amides is 1. The molecule has 1 atom stereocenters. The number of nitrogens with one attached hydrogen (secondary N) is 1. The number of carboxylic acid groups (broad SMARTS) is 1. The maximum absolute atomic E-state index is 12.1. The first-order valence-corrected chi connectivity index (χ1v) is 6.48. The van der Waals surface area contributed by atoms with Gasteiger partial charge in [-0.1, -0.05) is 13.8 Å². The number of carbonyl (C=O) groups is 2. The lowest BCUT2D eigenvalue weighted by molar-refractivity contribution is -0.139. The molecule has 6 heteroatoms. The van der Waals surface area contributed by atoms with Crippen LogP contribution in [0.5, 0.6) is 0 Å². The molecule has 0 fully saturated rings. The molecule has 0 aliphatic rings. The molecule has 6 nitrogen and oxygen atoms in total. The lowest BCUT2D eigenvalue weighted by Crippen LogP contribution is -2.41. The Balaban J connectivity index is 2.83. The molecular weight excluding hydrogens is 258 g/mol. The lowest BCUT2D eigenvalue weighted by Gasteiger charge is -2.17. The highest BCUT2D eigenvalue weighted by Gasteiger charge is 2.21. The highest BCUT2D eigenvalue weighted by atomic mass is 16.4. The van der Waals surface area contributed by atoms with Gasteiger partial charge in [-0.3, -0.25) is 4.79 Å². The summed E-state index contributed by atoms with van der Waals surface area (Å²) in [6, 6.07) is 2.32. The number of carboxylic acids is 1. The smallest absolute Gasteiger partial charge is 0.326 e. The maximum Gasteiger partial charge on any atom is 0.326 e. The predicted octanol–water partition coefficient (Wildman–Crippen LogP) is 1.38. The molecule has 2 N–H and O–H groups in total. The van der Waals surface area contributed by atoms with E-state index in [1.54, 1.807) is 17.0 Å². The summed E-state index contributed by atoms with van der Waals surface area (Å²) in [7, 11) is 3.64. The van der Waals surface area contributed by atoms with Crippen LogP contribution in [0.4, 0.5) is 5.82 Å². The Morgan fingerprint density at radius 3 is 2.55 bits per heavy atom. The molecular formula is C14H21N3O3. The second-order valence-electron chi connectivity index (χ2n) is 5.29. The molecule has 110 valence electrons. The van der Waals surface area contributed by atoms with Crippen LogP contribution in [0.15, 0.2) is 18.3 Å². The number of pyridine rings is 1. The number of rotatable bonds is 6. The summed E-state index contributed by atoms with van der Waals surface area (Å²) in [5.41, 5.74) is 0.402. The van der Waals surface area contributed by atoms with E-state index in [0.29, 0.717) is 17.8 Å². The van der Waals surface area contributed by atoms with Gasteiger partial charge < -0.3 is 15.3 Å². The molecule has 1 unspecified atom stereocenters.